The van der Waals surface area contributed by atoms with Crippen LogP contribution in [0.2, 0.25) is 0 Å². The molecule has 0 aliphatic carbocycles. The normalized spacial score (nSPS) is 10.5. The van der Waals surface area contributed by atoms with Gasteiger partial charge in [-0.15, -0.1) is 5.10 Å². The molecular formula is C12H9N5O4. The molecule has 9 heteroatoms. The van der Waals surface area contributed by atoms with Crippen LogP contribution < -0.4 is 9.47 Å². The zero-order chi connectivity index (χ0) is 14.8. The van der Waals surface area contributed by atoms with Gasteiger partial charge in [-0.25, -0.2) is 4.79 Å². The van der Waals surface area contributed by atoms with E-state index in [1.54, 1.807) is 0 Å². The van der Waals surface area contributed by atoms with Crippen molar-refractivity contribution < 1.29 is 19.4 Å². The Morgan fingerprint density at radius 2 is 2.19 bits per heavy atom. The number of aromatic nitrogens is 5. The van der Waals surface area contributed by atoms with Crippen molar-refractivity contribution in [1.82, 2.24) is 25.0 Å². The SMILES string of the molecule is COc1ccc(C(=O)O)c(Oc2cncc3nnnn23)c1. The first-order valence-corrected chi connectivity index (χ1v) is 5.80. The van der Waals surface area contributed by atoms with Gasteiger partial charge in [-0.1, -0.05) is 0 Å². The first kappa shape index (κ1) is 12.8. The Bertz CT molecular complexity index is 816. The second-order valence-electron chi connectivity index (χ2n) is 3.96. The number of nitrogens with zero attached hydrogens (tertiary/aromatic N) is 5. The standard InChI is InChI=1S/C12H9N5O4/c1-20-7-2-3-8(12(18)19)9(4-7)21-11-6-13-5-10-14-15-16-17(10)11/h2-6H,1H3,(H,18,19). The number of carboxylic acids is 1. The second kappa shape index (κ2) is 5.04. The Morgan fingerprint density at radius 3 is 2.95 bits per heavy atom. The van der Waals surface area contributed by atoms with Crippen LogP contribution in [-0.4, -0.2) is 43.2 Å². The maximum Gasteiger partial charge on any atom is 0.339 e. The summed E-state index contributed by atoms with van der Waals surface area (Å²) in [6.07, 6.45) is 2.84. The summed E-state index contributed by atoms with van der Waals surface area (Å²) < 4.78 is 11.9. The molecule has 21 heavy (non-hydrogen) atoms. The van der Waals surface area contributed by atoms with Gasteiger partial charge in [0.25, 0.3) is 0 Å². The summed E-state index contributed by atoms with van der Waals surface area (Å²) in [7, 11) is 1.48. The van der Waals surface area contributed by atoms with Gasteiger partial charge in [-0.3, -0.25) is 4.98 Å². The zero-order valence-corrected chi connectivity index (χ0v) is 10.8. The van der Waals surface area contributed by atoms with E-state index in [1.807, 2.05) is 0 Å². The molecule has 0 spiro atoms. The maximum absolute atomic E-state index is 11.2. The molecule has 0 amide bonds. The summed E-state index contributed by atoms with van der Waals surface area (Å²) in [6.45, 7) is 0. The molecule has 0 aliphatic heterocycles. The van der Waals surface area contributed by atoms with E-state index < -0.39 is 5.97 Å². The number of hydrogen-bond donors (Lipinski definition) is 1. The lowest BCUT2D eigenvalue weighted by molar-refractivity contribution is 0.0694. The van der Waals surface area contributed by atoms with E-state index in [0.29, 0.717) is 11.4 Å². The third kappa shape index (κ3) is 2.31. The minimum Gasteiger partial charge on any atom is -0.497 e. The number of ether oxygens (including phenoxy) is 2. The van der Waals surface area contributed by atoms with Crippen molar-refractivity contribution in [2.24, 2.45) is 0 Å². The van der Waals surface area contributed by atoms with E-state index in [-0.39, 0.29) is 17.2 Å². The third-order valence-electron chi connectivity index (χ3n) is 2.71. The molecule has 0 unspecified atom stereocenters. The van der Waals surface area contributed by atoms with Crippen LogP contribution in [0.5, 0.6) is 17.4 Å². The molecule has 0 saturated heterocycles. The Morgan fingerprint density at radius 1 is 1.33 bits per heavy atom. The average Bonchev–Trinajstić information content (AvgIpc) is 2.96. The van der Waals surface area contributed by atoms with Gasteiger partial charge >= 0.3 is 5.97 Å². The third-order valence-corrected chi connectivity index (χ3v) is 2.71. The lowest BCUT2D eigenvalue weighted by Crippen LogP contribution is -2.03. The van der Waals surface area contributed by atoms with Crippen LogP contribution in [-0.2, 0) is 0 Å². The van der Waals surface area contributed by atoms with Crippen molar-refractivity contribution in [3.63, 3.8) is 0 Å². The van der Waals surface area contributed by atoms with E-state index in [9.17, 15) is 9.90 Å². The van der Waals surface area contributed by atoms with Crippen molar-refractivity contribution in [2.75, 3.05) is 7.11 Å². The van der Waals surface area contributed by atoms with Crippen LogP contribution in [0.1, 0.15) is 10.4 Å². The summed E-state index contributed by atoms with van der Waals surface area (Å²) >= 11 is 0. The summed E-state index contributed by atoms with van der Waals surface area (Å²) in [6, 6.07) is 4.39. The van der Waals surface area contributed by atoms with Crippen LogP contribution in [0.3, 0.4) is 0 Å². The van der Waals surface area contributed by atoms with E-state index in [4.69, 9.17) is 9.47 Å². The molecule has 2 aromatic heterocycles. The van der Waals surface area contributed by atoms with Crippen LogP contribution in [0, 0.1) is 0 Å². The Kier molecular flexibility index (Phi) is 3.07. The molecule has 0 bridgehead atoms. The van der Waals surface area contributed by atoms with Gasteiger partial charge in [0, 0.05) is 6.07 Å². The van der Waals surface area contributed by atoms with Gasteiger partial charge in [0.1, 0.15) is 17.1 Å². The predicted molar refractivity (Wildman–Crippen MR) is 68.6 cm³/mol. The number of carbonyl (C=O) groups is 1. The fourth-order valence-corrected chi connectivity index (χ4v) is 1.73. The minimum atomic E-state index is -1.12. The maximum atomic E-state index is 11.2. The Labute approximate surface area is 117 Å². The number of tetrazole rings is 1. The molecule has 9 nitrogen and oxygen atoms in total. The molecule has 2 heterocycles. The molecule has 1 N–H and O–H groups in total. The number of methoxy groups -OCH3 is 1. The molecule has 3 rings (SSSR count). The number of fused-ring (bicyclic) bond motifs is 1. The van der Waals surface area contributed by atoms with Gasteiger partial charge in [0.05, 0.1) is 19.5 Å². The van der Waals surface area contributed by atoms with Crippen molar-refractivity contribution >= 4 is 11.6 Å². The molecule has 3 aromatic rings. The van der Waals surface area contributed by atoms with E-state index in [0.717, 1.165) is 0 Å². The highest BCUT2D eigenvalue weighted by atomic mass is 16.5. The molecule has 1 aromatic carbocycles. The van der Waals surface area contributed by atoms with Crippen LogP contribution >= 0.6 is 0 Å². The molecule has 106 valence electrons. The molecule has 0 radical (unpaired) electrons. The fraction of sp³-hybridized carbons (Fsp3) is 0.0833. The first-order chi connectivity index (χ1) is 10.2. The van der Waals surface area contributed by atoms with Gasteiger partial charge in [0.15, 0.2) is 0 Å². The zero-order valence-electron chi connectivity index (χ0n) is 10.8. The van der Waals surface area contributed by atoms with Crippen molar-refractivity contribution in [2.45, 2.75) is 0 Å². The second-order valence-corrected chi connectivity index (χ2v) is 3.96. The molecule has 0 fully saturated rings. The summed E-state index contributed by atoms with van der Waals surface area (Å²) in [4.78, 5) is 15.2. The highest BCUT2D eigenvalue weighted by Gasteiger charge is 2.15. The molecular weight excluding hydrogens is 278 g/mol. The van der Waals surface area contributed by atoms with Gasteiger partial charge in [0.2, 0.25) is 11.5 Å². The van der Waals surface area contributed by atoms with Gasteiger partial charge < -0.3 is 14.6 Å². The first-order valence-electron chi connectivity index (χ1n) is 5.80. The summed E-state index contributed by atoms with van der Waals surface area (Å²) in [5.41, 5.74) is 0.369. The average molecular weight is 287 g/mol. The van der Waals surface area contributed by atoms with Crippen LogP contribution in [0.25, 0.3) is 5.65 Å². The quantitative estimate of drug-likeness (QED) is 0.756. The van der Waals surface area contributed by atoms with E-state index in [2.05, 4.69) is 20.5 Å². The van der Waals surface area contributed by atoms with Crippen molar-refractivity contribution in [1.29, 1.82) is 0 Å². The number of hydrogen-bond acceptors (Lipinski definition) is 7. The lowest BCUT2D eigenvalue weighted by atomic mass is 10.2. The molecule has 0 atom stereocenters. The van der Waals surface area contributed by atoms with E-state index in [1.165, 1.54) is 42.2 Å². The highest BCUT2D eigenvalue weighted by Crippen LogP contribution is 2.29. The summed E-state index contributed by atoms with van der Waals surface area (Å²) in [5, 5.41) is 20.2. The Balaban J connectivity index is 2.08. The Hall–Kier alpha value is -3.23. The number of aromatic carboxylic acids is 1. The molecule has 0 saturated carbocycles. The van der Waals surface area contributed by atoms with Gasteiger partial charge in [-0.2, -0.15) is 4.52 Å². The molecule has 0 aliphatic rings. The number of carboxylic acid groups (broad SMARTS) is 1. The number of rotatable bonds is 4. The predicted octanol–water partition coefficient (Wildman–Crippen LogP) is 1.02. The monoisotopic (exact) mass is 287 g/mol. The smallest absolute Gasteiger partial charge is 0.339 e. The highest BCUT2D eigenvalue weighted by molar-refractivity contribution is 5.91. The van der Waals surface area contributed by atoms with Crippen molar-refractivity contribution in [3.05, 3.63) is 36.2 Å². The minimum absolute atomic E-state index is 0.0131. The van der Waals surface area contributed by atoms with Gasteiger partial charge in [-0.05, 0) is 22.6 Å². The van der Waals surface area contributed by atoms with E-state index >= 15 is 0 Å². The summed E-state index contributed by atoms with van der Waals surface area (Å²) in [5.74, 6) is -0.365. The van der Waals surface area contributed by atoms with Crippen molar-refractivity contribution in [3.8, 4) is 17.4 Å². The largest absolute Gasteiger partial charge is 0.497 e. The van der Waals surface area contributed by atoms with Crippen LogP contribution in [0.15, 0.2) is 30.6 Å². The fourth-order valence-electron chi connectivity index (χ4n) is 1.73. The number of benzene rings is 1. The topological polar surface area (TPSA) is 112 Å². The van der Waals surface area contributed by atoms with Crippen LogP contribution in [0.4, 0.5) is 0 Å². The lowest BCUT2D eigenvalue weighted by Gasteiger charge is -2.10.